The zero-order chi connectivity index (χ0) is 8.27. The third-order valence-corrected chi connectivity index (χ3v) is 1.47. The van der Waals surface area contributed by atoms with Crippen LogP contribution in [0.1, 0.15) is 18.2 Å². The van der Waals surface area contributed by atoms with E-state index >= 15 is 0 Å². The molecule has 1 N–H and O–H groups in total. The Bertz CT molecular complexity index is 263. The first-order valence-electron chi connectivity index (χ1n) is 3.56. The minimum Gasteiger partial charge on any atom is -0.357 e. The van der Waals surface area contributed by atoms with Gasteiger partial charge in [-0.05, 0) is 13.8 Å². The Kier molecular flexibility index (Phi) is 2.31. The van der Waals surface area contributed by atoms with Crippen LogP contribution in [0.25, 0.3) is 6.08 Å². The van der Waals surface area contributed by atoms with Crippen LogP contribution in [0.2, 0.25) is 0 Å². The molecule has 0 atom stereocenters. The van der Waals surface area contributed by atoms with Crippen LogP contribution in [-0.4, -0.2) is 12.2 Å². The molecule has 1 aromatic rings. The Morgan fingerprint density at radius 2 is 2.27 bits per heavy atom. The van der Waals surface area contributed by atoms with Crippen LogP contribution >= 0.6 is 0 Å². The van der Waals surface area contributed by atoms with Crippen molar-refractivity contribution in [2.24, 2.45) is 0 Å². The van der Waals surface area contributed by atoms with E-state index in [2.05, 4.69) is 10.5 Å². The van der Waals surface area contributed by atoms with Crippen molar-refractivity contribution in [1.29, 1.82) is 0 Å². The molecule has 1 heterocycles. The predicted molar refractivity (Wildman–Crippen MR) is 45.5 cm³/mol. The molecule has 60 valence electrons. The lowest BCUT2D eigenvalue weighted by Crippen LogP contribution is -1.87. The fraction of sp³-hybridized carbons (Fsp3) is 0.375. The lowest BCUT2D eigenvalue weighted by atomic mass is 10.2. The molecule has 0 aliphatic rings. The molecule has 3 nitrogen and oxygen atoms in total. The number of nitrogens with one attached hydrogen (secondary N) is 1. The maximum absolute atomic E-state index is 4.98. The lowest BCUT2D eigenvalue weighted by Gasteiger charge is -1.92. The van der Waals surface area contributed by atoms with Gasteiger partial charge >= 0.3 is 0 Å². The number of aryl methyl sites for hydroxylation is 1. The standard InChI is InChI=1S/C8H12N2O/c1-4-5-7-6(2)10-11-8(7)9-3/h4-5,9H,1-3H3/b5-4-. The van der Waals surface area contributed by atoms with Gasteiger partial charge in [-0.3, -0.25) is 0 Å². The van der Waals surface area contributed by atoms with Crippen LogP contribution < -0.4 is 5.32 Å². The maximum atomic E-state index is 4.98. The van der Waals surface area contributed by atoms with Crippen molar-refractivity contribution in [3.8, 4) is 0 Å². The Morgan fingerprint density at radius 3 is 2.82 bits per heavy atom. The molecule has 0 saturated carbocycles. The van der Waals surface area contributed by atoms with Crippen molar-refractivity contribution in [3.05, 3.63) is 17.3 Å². The summed E-state index contributed by atoms with van der Waals surface area (Å²) in [4.78, 5) is 0. The highest BCUT2D eigenvalue weighted by Crippen LogP contribution is 2.19. The number of nitrogens with zero attached hydrogens (tertiary/aromatic N) is 1. The van der Waals surface area contributed by atoms with E-state index in [1.807, 2.05) is 33.0 Å². The summed E-state index contributed by atoms with van der Waals surface area (Å²) in [6, 6.07) is 0. The van der Waals surface area contributed by atoms with E-state index in [1.54, 1.807) is 0 Å². The van der Waals surface area contributed by atoms with E-state index in [4.69, 9.17) is 4.52 Å². The van der Waals surface area contributed by atoms with Crippen LogP contribution in [0, 0.1) is 6.92 Å². The monoisotopic (exact) mass is 152 g/mol. The van der Waals surface area contributed by atoms with Gasteiger partial charge in [-0.25, -0.2) is 0 Å². The zero-order valence-electron chi connectivity index (χ0n) is 7.01. The van der Waals surface area contributed by atoms with Gasteiger partial charge in [0.05, 0.1) is 11.3 Å². The third-order valence-electron chi connectivity index (χ3n) is 1.47. The van der Waals surface area contributed by atoms with Gasteiger partial charge in [0.15, 0.2) is 0 Å². The molecule has 0 saturated heterocycles. The van der Waals surface area contributed by atoms with Gasteiger partial charge in [-0.15, -0.1) is 0 Å². The molecular formula is C8H12N2O. The summed E-state index contributed by atoms with van der Waals surface area (Å²) >= 11 is 0. The number of anilines is 1. The molecule has 0 spiro atoms. The van der Waals surface area contributed by atoms with Gasteiger partial charge in [0.2, 0.25) is 5.88 Å². The number of hydrogen-bond acceptors (Lipinski definition) is 3. The van der Waals surface area contributed by atoms with Crippen LogP contribution in [0.3, 0.4) is 0 Å². The van der Waals surface area contributed by atoms with Gasteiger partial charge in [-0.1, -0.05) is 17.3 Å². The Balaban J connectivity index is 3.07. The molecule has 1 aromatic heterocycles. The van der Waals surface area contributed by atoms with E-state index < -0.39 is 0 Å². The first-order valence-corrected chi connectivity index (χ1v) is 3.56. The number of rotatable bonds is 2. The van der Waals surface area contributed by atoms with Gasteiger partial charge in [0, 0.05) is 7.05 Å². The highest BCUT2D eigenvalue weighted by atomic mass is 16.5. The summed E-state index contributed by atoms with van der Waals surface area (Å²) in [6.07, 6.45) is 3.93. The fourth-order valence-electron chi connectivity index (χ4n) is 0.920. The molecular weight excluding hydrogens is 140 g/mol. The Labute approximate surface area is 66.1 Å². The van der Waals surface area contributed by atoms with E-state index in [0.717, 1.165) is 17.1 Å². The highest BCUT2D eigenvalue weighted by Gasteiger charge is 2.06. The van der Waals surface area contributed by atoms with E-state index in [-0.39, 0.29) is 0 Å². The first kappa shape index (κ1) is 7.85. The Hall–Kier alpha value is -1.25. The second-order valence-electron chi connectivity index (χ2n) is 2.26. The van der Waals surface area contributed by atoms with E-state index in [0.29, 0.717) is 0 Å². The highest BCUT2D eigenvalue weighted by molar-refractivity contribution is 5.62. The van der Waals surface area contributed by atoms with Crippen molar-refractivity contribution < 1.29 is 4.52 Å². The summed E-state index contributed by atoms with van der Waals surface area (Å²) in [7, 11) is 1.81. The molecule has 0 radical (unpaired) electrons. The van der Waals surface area contributed by atoms with Gasteiger partial charge in [-0.2, -0.15) is 0 Å². The lowest BCUT2D eigenvalue weighted by molar-refractivity contribution is 0.428. The molecule has 0 fully saturated rings. The van der Waals surface area contributed by atoms with Crippen molar-refractivity contribution in [2.75, 3.05) is 12.4 Å². The third kappa shape index (κ3) is 1.42. The Morgan fingerprint density at radius 1 is 1.55 bits per heavy atom. The molecule has 0 aromatic carbocycles. The quantitative estimate of drug-likeness (QED) is 0.704. The zero-order valence-corrected chi connectivity index (χ0v) is 7.01. The van der Waals surface area contributed by atoms with Crippen molar-refractivity contribution in [3.63, 3.8) is 0 Å². The summed E-state index contributed by atoms with van der Waals surface area (Å²) < 4.78 is 4.98. The summed E-state index contributed by atoms with van der Waals surface area (Å²) in [5.74, 6) is 0.723. The second kappa shape index (κ2) is 3.23. The number of hydrogen-bond donors (Lipinski definition) is 1. The van der Waals surface area contributed by atoms with E-state index in [1.165, 1.54) is 0 Å². The van der Waals surface area contributed by atoms with Crippen LogP contribution in [0.15, 0.2) is 10.6 Å². The average molecular weight is 152 g/mol. The normalized spacial score (nSPS) is 10.8. The van der Waals surface area contributed by atoms with Crippen molar-refractivity contribution in [2.45, 2.75) is 13.8 Å². The van der Waals surface area contributed by atoms with Gasteiger partial charge < -0.3 is 9.84 Å². The van der Waals surface area contributed by atoms with Crippen LogP contribution in [-0.2, 0) is 0 Å². The predicted octanol–water partition coefficient (Wildman–Crippen LogP) is 2.06. The van der Waals surface area contributed by atoms with Gasteiger partial charge in [0.25, 0.3) is 0 Å². The molecule has 0 unspecified atom stereocenters. The number of allylic oxidation sites excluding steroid dienone is 1. The topological polar surface area (TPSA) is 38.1 Å². The molecule has 0 bridgehead atoms. The molecule has 1 rings (SSSR count). The minimum absolute atomic E-state index is 0.723. The molecule has 0 aliphatic carbocycles. The molecule has 0 amide bonds. The van der Waals surface area contributed by atoms with Crippen molar-refractivity contribution in [1.82, 2.24) is 5.16 Å². The number of aromatic nitrogens is 1. The fourth-order valence-corrected chi connectivity index (χ4v) is 0.920. The molecule has 0 aliphatic heterocycles. The second-order valence-corrected chi connectivity index (χ2v) is 2.26. The van der Waals surface area contributed by atoms with Gasteiger partial charge in [0.1, 0.15) is 0 Å². The summed E-state index contributed by atoms with van der Waals surface area (Å²) in [5, 5.41) is 6.74. The summed E-state index contributed by atoms with van der Waals surface area (Å²) in [5.41, 5.74) is 1.93. The largest absolute Gasteiger partial charge is 0.357 e. The maximum Gasteiger partial charge on any atom is 0.231 e. The minimum atomic E-state index is 0.723. The smallest absolute Gasteiger partial charge is 0.231 e. The van der Waals surface area contributed by atoms with Crippen molar-refractivity contribution >= 4 is 12.0 Å². The molecule has 11 heavy (non-hydrogen) atoms. The van der Waals surface area contributed by atoms with E-state index in [9.17, 15) is 0 Å². The SMILES string of the molecule is C/C=C\c1c(C)noc1NC. The van der Waals surface area contributed by atoms with Crippen LogP contribution in [0.5, 0.6) is 0 Å². The van der Waals surface area contributed by atoms with Crippen LogP contribution in [0.4, 0.5) is 5.88 Å². The first-order chi connectivity index (χ1) is 5.29. The molecule has 3 heteroatoms. The average Bonchev–Trinajstić information content (AvgIpc) is 2.34. The summed E-state index contributed by atoms with van der Waals surface area (Å²) in [6.45, 7) is 3.88.